The van der Waals surface area contributed by atoms with Gasteiger partial charge >= 0.3 is 0 Å². The molecule has 0 atom stereocenters. The molecular formula is C14H12FN5S. The molecule has 1 N–H and O–H groups in total. The second-order valence-corrected chi connectivity index (χ2v) is 5.67. The molecule has 0 unspecified atom stereocenters. The zero-order valence-corrected chi connectivity index (χ0v) is 11.9. The largest absolute Gasteiger partial charge is 0.308 e. The van der Waals surface area contributed by atoms with Crippen molar-refractivity contribution >= 4 is 11.3 Å². The van der Waals surface area contributed by atoms with E-state index in [9.17, 15) is 4.39 Å². The molecular weight excluding hydrogens is 289 g/mol. The van der Waals surface area contributed by atoms with Gasteiger partial charge < -0.3 is 9.88 Å². The third-order valence-corrected chi connectivity index (χ3v) is 4.34. The maximum Gasteiger partial charge on any atom is 0.183 e. The number of benzene rings is 1. The minimum atomic E-state index is -0.241. The molecule has 3 aromatic rings. The highest BCUT2D eigenvalue weighted by Gasteiger charge is 2.18. The summed E-state index contributed by atoms with van der Waals surface area (Å²) in [7, 11) is 0. The summed E-state index contributed by atoms with van der Waals surface area (Å²) in [5.74, 6) is 1.50. The van der Waals surface area contributed by atoms with Crippen molar-refractivity contribution < 1.29 is 4.39 Å². The highest BCUT2D eigenvalue weighted by molar-refractivity contribution is 7.13. The predicted octanol–water partition coefficient (Wildman–Crippen LogP) is 2.31. The van der Waals surface area contributed by atoms with Crippen molar-refractivity contribution in [2.75, 3.05) is 6.54 Å². The molecule has 1 aliphatic heterocycles. The Bertz CT molecular complexity index is 777. The van der Waals surface area contributed by atoms with E-state index in [1.54, 1.807) is 12.1 Å². The van der Waals surface area contributed by atoms with E-state index in [-0.39, 0.29) is 5.82 Å². The van der Waals surface area contributed by atoms with Crippen LogP contribution in [0.25, 0.3) is 22.1 Å². The van der Waals surface area contributed by atoms with E-state index in [0.29, 0.717) is 0 Å². The lowest BCUT2D eigenvalue weighted by atomic mass is 10.2. The molecule has 0 saturated carbocycles. The second-order valence-electron chi connectivity index (χ2n) is 4.81. The molecule has 7 heteroatoms. The number of nitrogens with one attached hydrogen (secondary N) is 1. The normalized spacial score (nSPS) is 14.1. The Kier molecular flexibility index (Phi) is 3.01. The van der Waals surface area contributed by atoms with E-state index in [1.165, 1.54) is 23.5 Å². The van der Waals surface area contributed by atoms with E-state index in [2.05, 4.69) is 25.1 Å². The summed E-state index contributed by atoms with van der Waals surface area (Å²) in [6.07, 6.45) is 0. The minimum absolute atomic E-state index is 0.241. The van der Waals surface area contributed by atoms with Gasteiger partial charge in [0, 0.05) is 24.0 Å². The van der Waals surface area contributed by atoms with Crippen LogP contribution in [-0.2, 0) is 13.1 Å². The highest BCUT2D eigenvalue weighted by Crippen LogP contribution is 2.28. The van der Waals surface area contributed by atoms with E-state index in [4.69, 9.17) is 0 Å². The van der Waals surface area contributed by atoms with Crippen LogP contribution in [0.15, 0.2) is 29.6 Å². The van der Waals surface area contributed by atoms with Crippen molar-refractivity contribution in [3.8, 4) is 22.1 Å². The molecule has 0 saturated heterocycles. The van der Waals surface area contributed by atoms with Gasteiger partial charge in [-0.2, -0.15) is 0 Å². The third kappa shape index (κ3) is 2.24. The van der Waals surface area contributed by atoms with E-state index >= 15 is 0 Å². The second kappa shape index (κ2) is 5.01. The van der Waals surface area contributed by atoms with Gasteiger partial charge in [0.1, 0.15) is 22.3 Å². The van der Waals surface area contributed by atoms with Gasteiger partial charge in [0.05, 0.1) is 6.54 Å². The summed E-state index contributed by atoms with van der Waals surface area (Å²) in [5.41, 5.74) is 1.73. The standard InChI is InChI=1S/C14H12FN5S/c15-10-3-1-9(2-4-10)14-17-11(8-21-14)13-19-18-12-7-16-5-6-20(12)13/h1-4,8,16H,5-7H2. The predicted molar refractivity (Wildman–Crippen MR) is 78.2 cm³/mol. The number of aromatic nitrogens is 4. The SMILES string of the molecule is Fc1ccc(-c2nc(-c3nnc4n3CCNC4)cs2)cc1. The molecule has 0 bridgehead atoms. The van der Waals surface area contributed by atoms with Crippen LogP contribution in [0.2, 0.25) is 0 Å². The van der Waals surface area contributed by atoms with Crippen molar-refractivity contribution in [2.45, 2.75) is 13.1 Å². The van der Waals surface area contributed by atoms with Crippen molar-refractivity contribution in [1.29, 1.82) is 0 Å². The molecule has 2 aromatic heterocycles. The van der Waals surface area contributed by atoms with Crippen molar-refractivity contribution in [2.24, 2.45) is 0 Å². The fraction of sp³-hybridized carbons (Fsp3) is 0.214. The smallest absolute Gasteiger partial charge is 0.183 e. The molecule has 0 spiro atoms. The lowest BCUT2D eigenvalue weighted by molar-refractivity contribution is 0.508. The van der Waals surface area contributed by atoms with Gasteiger partial charge in [0.2, 0.25) is 0 Å². The number of hydrogen-bond donors (Lipinski definition) is 1. The van der Waals surface area contributed by atoms with Crippen LogP contribution in [-0.4, -0.2) is 26.3 Å². The summed E-state index contributed by atoms with van der Waals surface area (Å²) in [5, 5.41) is 14.5. The van der Waals surface area contributed by atoms with Crippen LogP contribution >= 0.6 is 11.3 Å². The van der Waals surface area contributed by atoms with Crippen molar-refractivity contribution in [3.63, 3.8) is 0 Å². The molecule has 106 valence electrons. The summed E-state index contributed by atoms with van der Waals surface area (Å²) in [4.78, 5) is 4.61. The van der Waals surface area contributed by atoms with Crippen molar-refractivity contribution in [1.82, 2.24) is 25.1 Å². The summed E-state index contributed by atoms with van der Waals surface area (Å²) in [6, 6.07) is 6.37. The molecule has 0 aliphatic carbocycles. The Labute approximate surface area is 124 Å². The van der Waals surface area contributed by atoms with Crippen LogP contribution in [0.4, 0.5) is 4.39 Å². The molecule has 4 rings (SSSR count). The van der Waals surface area contributed by atoms with Crippen LogP contribution in [0, 0.1) is 5.82 Å². The number of rotatable bonds is 2. The molecule has 3 heterocycles. The Morgan fingerprint density at radius 3 is 2.90 bits per heavy atom. The maximum absolute atomic E-state index is 13.0. The van der Waals surface area contributed by atoms with E-state index in [1.807, 2.05) is 5.38 Å². The maximum atomic E-state index is 13.0. The fourth-order valence-electron chi connectivity index (χ4n) is 2.38. The third-order valence-electron chi connectivity index (χ3n) is 3.45. The average molecular weight is 301 g/mol. The Morgan fingerprint density at radius 1 is 1.19 bits per heavy atom. The molecule has 0 fully saturated rings. The lowest BCUT2D eigenvalue weighted by Crippen LogP contribution is -2.28. The van der Waals surface area contributed by atoms with Gasteiger partial charge in [-0.1, -0.05) is 0 Å². The number of hydrogen-bond acceptors (Lipinski definition) is 5. The Morgan fingerprint density at radius 2 is 2.05 bits per heavy atom. The van der Waals surface area contributed by atoms with Gasteiger partial charge in [0.15, 0.2) is 5.82 Å². The molecule has 5 nitrogen and oxygen atoms in total. The van der Waals surface area contributed by atoms with E-state index < -0.39 is 0 Å². The monoisotopic (exact) mass is 301 g/mol. The van der Waals surface area contributed by atoms with Crippen LogP contribution in [0.3, 0.4) is 0 Å². The quantitative estimate of drug-likeness (QED) is 0.789. The van der Waals surface area contributed by atoms with Crippen LogP contribution in [0.5, 0.6) is 0 Å². The van der Waals surface area contributed by atoms with Gasteiger partial charge in [-0.3, -0.25) is 0 Å². The molecule has 0 radical (unpaired) electrons. The number of thiazole rings is 1. The number of halogens is 1. The van der Waals surface area contributed by atoms with Gasteiger partial charge in [-0.25, -0.2) is 9.37 Å². The number of nitrogens with zero attached hydrogens (tertiary/aromatic N) is 4. The molecule has 0 amide bonds. The average Bonchev–Trinajstić information content (AvgIpc) is 3.14. The zero-order chi connectivity index (χ0) is 14.2. The van der Waals surface area contributed by atoms with Crippen LogP contribution < -0.4 is 5.32 Å². The minimum Gasteiger partial charge on any atom is -0.308 e. The molecule has 1 aliphatic rings. The first-order valence-corrected chi connectivity index (χ1v) is 7.54. The fourth-order valence-corrected chi connectivity index (χ4v) is 3.19. The highest BCUT2D eigenvalue weighted by atomic mass is 32.1. The first-order chi connectivity index (χ1) is 10.3. The molecule has 21 heavy (non-hydrogen) atoms. The first-order valence-electron chi connectivity index (χ1n) is 6.66. The first kappa shape index (κ1) is 12.6. The van der Waals surface area contributed by atoms with Crippen molar-refractivity contribution in [3.05, 3.63) is 41.3 Å². The summed E-state index contributed by atoms with van der Waals surface area (Å²) < 4.78 is 15.1. The van der Waals surface area contributed by atoms with Gasteiger partial charge in [-0.05, 0) is 24.3 Å². The van der Waals surface area contributed by atoms with E-state index in [0.717, 1.165) is 47.5 Å². The van der Waals surface area contributed by atoms with Gasteiger partial charge in [-0.15, -0.1) is 21.5 Å². The number of fused-ring (bicyclic) bond motifs is 1. The summed E-state index contributed by atoms with van der Waals surface area (Å²) in [6.45, 7) is 2.50. The topological polar surface area (TPSA) is 55.6 Å². The van der Waals surface area contributed by atoms with Crippen LogP contribution in [0.1, 0.15) is 5.82 Å². The lowest BCUT2D eigenvalue weighted by Gasteiger charge is -2.15. The zero-order valence-electron chi connectivity index (χ0n) is 11.1. The Balaban J connectivity index is 1.71. The molecule has 1 aromatic carbocycles. The summed E-state index contributed by atoms with van der Waals surface area (Å²) >= 11 is 1.53. The Hall–Kier alpha value is -2.12. The van der Waals surface area contributed by atoms with Gasteiger partial charge in [0.25, 0.3) is 0 Å².